The second-order valence-electron chi connectivity index (χ2n) is 3.85. The molecule has 0 bridgehead atoms. The normalized spacial score (nSPS) is 9.88. The highest BCUT2D eigenvalue weighted by Crippen LogP contribution is 2.05. The lowest BCUT2D eigenvalue weighted by Crippen LogP contribution is -2.32. The standard InChI is InChI=1S/C11H16N4O/c1-14(2)11(16)7-13-6-9-4-10(5-12)15(3)8-9/h4,8,13H,6-7H2,1-3H3. The van der Waals surface area contributed by atoms with Crippen LogP contribution < -0.4 is 5.32 Å². The van der Waals surface area contributed by atoms with Crippen LogP contribution in [0.2, 0.25) is 0 Å². The van der Waals surface area contributed by atoms with Crippen LogP contribution >= 0.6 is 0 Å². The van der Waals surface area contributed by atoms with Gasteiger partial charge in [-0.15, -0.1) is 0 Å². The largest absolute Gasteiger partial charge is 0.348 e. The molecule has 0 unspecified atom stereocenters. The van der Waals surface area contributed by atoms with E-state index in [0.29, 0.717) is 18.8 Å². The third-order valence-electron chi connectivity index (χ3n) is 2.28. The highest BCUT2D eigenvalue weighted by molar-refractivity contribution is 5.77. The minimum absolute atomic E-state index is 0.0384. The van der Waals surface area contributed by atoms with Crippen LogP contribution in [-0.4, -0.2) is 36.0 Å². The monoisotopic (exact) mass is 220 g/mol. The molecule has 0 spiro atoms. The molecule has 16 heavy (non-hydrogen) atoms. The molecule has 0 saturated heterocycles. The van der Waals surface area contributed by atoms with Crippen molar-refractivity contribution in [2.75, 3.05) is 20.6 Å². The first-order valence-electron chi connectivity index (χ1n) is 5.01. The molecular weight excluding hydrogens is 204 g/mol. The number of nitrogens with one attached hydrogen (secondary N) is 1. The third kappa shape index (κ3) is 3.11. The van der Waals surface area contributed by atoms with Gasteiger partial charge >= 0.3 is 0 Å². The van der Waals surface area contributed by atoms with Crippen LogP contribution in [-0.2, 0) is 18.4 Å². The van der Waals surface area contributed by atoms with Crippen molar-refractivity contribution in [1.82, 2.24) is 14.8 Å². The number of likely N-dealkylation sites (N-methyl/N-ethyl adjacent to an activating group) is 1. The number of carbonyl (C=O) groups is 1. The van der Waals surface area contributed by atoms with E-state index in [0.717, 1.165) is 5.56 Å². The first-order chi connectivity index (χ1) is 7.54. The van der Waals surface area contributed by atoms with Gasteiger partial charge in [0.2, 0.25) is 5.91 Å². The second kappa shape index (κ2) is 5.33. The number of hydrogen-bond donors (Lipinski definition) is 1. The van der Waals surface area contributed by atoms with Gasteiger partial charge < -0.3 is 14.8 Å². The Labute approximate surface area is 95.3 Å². The molecule has 0 aromatic carbocycles. The van der Waals surface area contributed by atoms with Gasteiger partial charge in [0, 0.05) is 33.9 Å². The lowest BCUT2D eigenvalue weighted by Gasteiger charge is -2.10. The zero-order valence-electron chi connectivity index (χ0n) is 9.82. The second-order valence-corrected chi connectivity index (χ2v) is 3.85. The highest BCUT2D eigenvalue weighted by atomic mass is 16.2. The maximum absolute atomic E-state index is 11.3. The summed E-state index contributed by atoms with van der Waals surface area (Å²) < 4.78 is 1.77. The van der Waals surface area contributed by atoms with Crippen molar-refractivity contribution in [3.63, 3.8) is 0 Å². The molecule has 5 heteroatoms. The van der Waals surface area contributed by atoms with Crippen molar-refractivity contribution in [1.29, 1.82) is 5.26 Å². The molecule has 1 amide bonds. The van der Waals surface area contributed by atoms with Crippen molar-refractivity contribution in [3.05, 3.63) is 23.5 Å². The van der Waals surface area contributed by atoms with Crippen LogP contribution in [0.3, 0.4) is 0 Å². The fourth-order valence-corrected chi connectivity index (χ4v) is 1.31. The average Bonchev–Trinajstić information content (AvgIpc) is 2.58. The van der Waals surface area contributed by atoms with Gasteiger partial charge in [-0.05, 0) is 11.6 Å². The molecule has 1 N–H and O–H groups in total. The molecule has 0 aliphatic rings. The van der Waals surface area contributed by atoms with E-state index in [9.17, 15) is 4.79 Å². The molecule has 1 heterocycles. The predicted molar refractivity (Wildman–Crippen MR) is 60.5 cm³/mol. The van der Waals surface area contributed by atoms with E-state index in [2.05, 4.69) is 11.4 Å². The fourth-order valence-electron chi connectivity index (χ4n) is 1.31. The summed E-state index contributed by atoms with van der Waals surface area (Å²) in [7, 11) is 5.27. The van der Waals surface area contributed by atoms with Gasteiger partial charge in [0.15, 0.2) is 0 Å². The smallest absolute Gasteiger partial charge is 0.236 e. The Morgan fingerprint density at radius 3 is 2.81 bits per heavy atom. The van der Waals surface area contributed by atoms with E-state index >= 15 is 0 Å². The Morgan fingerprint density at radius 2 is 2.31 bits per heavy atom. The molecule has 1 aromatic heterocycles. The molecular formula is C11H16N4O. The predicted octanol–water partition coefficient (Wildman–Crippen LogP) is 0.0746. The summed E-state index contributed by atoms with van der Waals surface area (Å²) in [6.07, 6.45) is 1.88. The summed E-state index contributed by atoms with van der Waals surface area (Å²) in [4.78, 5) is 12.8. The van der Waals surface area contributed by atoms with Gasteiger partial charge in [0.25, 0.3) is 0 Å². The number of nitriles is 1. The SMILES string of the molecule is CN(C)C(=O)CNCc1cc(C#N)n(C)c1. The van der Waals surface area contributed by atoms with E-state index in [4.69, 9.17) is 5.26 Å². The average molecular weight is 220 g/mol. The Bertz CT molecular complexity index is 414. The van der Waals surface area contributed by atoms with E-state index in [1.54, 1.807) is 23.6 Å². The lowest BCUT2D eigenvalue weighted by molar-refractivity contribution is -0.127. The van der Waals surface area contributed by atoms with Gasteiger partial charge in [-0.2, -0.15) is 5.26 Å². The minimum Gasteiger partial charge on any atom is -0.348 e. The summed E-state index contributed by atoms with van der Waals surface area (Å²) >= 11 is 0. The van der Waals surface area contributed by atoms with E-state index < -0.39 is 0 Å². The number of nitrogens with zero attached hydrogens (tertiary/aromatic N) is 3. The quantitative estimate of drug-likeness (QED) is 0.781. The first kappa shape index (κ1) is 12.3. The number of carbonyl (C=O) groups excluding carboxylic acids is 1. The van der Waals surface area contributed by atoms with Crippen molar-refractivity contribution in [2.45, 2.75) is 6.54 Å². The molecule has 5 nitrogen and oxygen atoms in total. The van der Waals surface area contributed by atoms with Crippen molar-refractivity contribution in [3.8, 4) is 6.07 Å². The van der Waals surface area contributed by atoms with Crippen LogP contribution in [0.25, 0.3) is 0 Å². The van der Waals surface area contributed by atoms with Crippen LogP contribution in [0.5, 0.6) is 0 Å². The van der Waals surface area contributed by atoms with Crippen molar-refractivity contribution >= 4 is 5.91 Å². The van der Waals surface area contributed by atoms with Gasteiger partial charge in [0.05, 0.1) is 6.54 Å². The lowest BCUT2D eigenvalue weighted by atomic mass is 10.3. The van der Waals surface area contributed by atoms with Crippen molar-refractivity contribution < 1.29 is 4.79 Å². The third-order valence-corrected chi connectivity index (χ3v) is 2.28. The van der Waals surface area contributed by atoms with Gasteiger partial charge in [0.1, 0.15) is 11.8 Å². The number of rotatable bonds is 4. The van der Waals surface area contributed by atoms with Crippen LogP contribution in [0.4, 0.5) is 0 Å². The molecule has 0 radical (unpaired) electrons. The summed E-state index contributed by atoms with van der Waals surface area (Å²) in [6, 6.07) is 3.91. The number of amides is 1. The maximum Gasteiger partial charge on any atom is 0.236 e. The van der Waals surface area contributed by atoms with Gasteiger partial charge in [-0.25, -0.2) is 0 Å². The zero-order valence-corrected chi connectivity index (χ0v) is 9.82. The van der Waals surface area contributed by atoms with Crippen LogP contribution in [0.15, 0.2) is 12.3 Å². The molecule has 1 rings (SSSR count). The maximum atomic E-state index is 11.3. The molecule has 1 aromatic rings. The van der Waals surface area contributed by atoms with Crippen molar-refractivity contribution in [2.24, 2.45) is 7.05 Å². The van der Waals surface area contributed by atoms with Crippen LogP contribution in [0, 0.1) is 11.3 Å². The molecule has 0 fully saturated rings. The molecule has 0 saturated carbocycles. The molecule has 0 aliphatic carbocycles. The summed E-state index contributed by atoms with van der Waals surface area (Å²) in [5.74, 6) is 0.0384. The summed E-state index contributed by atoms with van der Waals surface area (Å²) in [5.41, 5.74) is 1.63. The fraction of sp³-hybridized carbons (Fsp3) is 0.455. The summed E-state index contributed by atoms with van der Waals surface area (Å²) in [6.45, 7) is 0.902. The topological polar surface area (TPSA) is 61.1 Å². The number of hydrogen-bond acceptors (Lipinski definition) is 3. The Kier molecular flexibility index (Phi) is 4.09. The van der Waals surface area contributed by atoms with E-state index in [-0.39, 0.29) is 5.91 Å². The molecule has 0 atom stereocenters. The number of aromatic nitrogens is 1. The number of aryl methyl sites for hydroxylation is 1. The van der Waals surface area contributed by atoms with Gasteiger partial charge in [-0.3, -0.25) is 4.79 Å². The first-order valence-corrected chi connectivity index (χ1v) is 5.01. The Morgan fingerprint density at radius 1 is 1.62 bits per heavy atom. The van der Waals surface area contributed by atoms with E-state index in [1.807, 2.05) is 19.3 Å². The summed E-state index contributed by atoms with van der Waals surface area (Å²) in [5, 5.41) is 11.8. The Balaban J connectivity index is 2.44. The Hall–Kier alpha value is -1.80. The molecule has 86 valence electrons. The highest BCUT2D eigenvalue weighted by Gasteiger charge is 2.04. The van der Waals surface area contributed by atoms with E-state index in [1.165, 1.54) is 0 Å². The zero-order chi connectivity index (χ0) is 12.1. The van der Waals surface area contributed by atoms with Gasteiger partial charge in [-0.1, -0.05) is 0 Å². The van der Waals surface area contributed by atoms with Crippen LogP contribution in [0.1, 0.15) is 11.3 Å². The minimum atomic E-state index is 0.0384. The molecule has 0 aliphatic heterocycles.